The molecule has 2 N–H and O–H groups in total. The normalized spacial score (nSPS) is 10.7. The maximum absolute atomic E-state index is 13.5. The van der Waals surface area contributed by atoms with Crippen LogP contribution in [0.15, 0.2) is 47.1 Å². The first-order valence-corrected chi connectivity index (χ1v) is 5.61. The standard InChI is InChI=1S/C14H10FNO4/c15-11-5-3-9(14(18)19)8-12(11)16-13(17)6-4-10-2-1-7-20-10/h1-8H,(H,16,17)(H,18,19)/b6-4+. The van der Waals surface area contributed by atoms with Crippen molar-refractivity contribution in [2.75, 3.05) is 5.32 Å². The van der Waals surface area contributed by atoms with Gasteiger partial charge < -0.3 is 14.8 Å². The molecule has 0 fully saturated rings. The summed E-state index contributed by atoms with van der Waals surface area (Å²) >= 11 is 0. The molecule has 0 atom stereocenters. The molecule has 1 aromatic heterocycles. The molecular formula is C14H10FNO4. The highest BCUT2D eigenvalue weighted by Gasteiger charge is 2.09. The molecule has 5 nitrogen and oxygen atoms in total. The molecule has 0 radical (unpaired) electrons. The molecule has 102 valence electrons. The van der Waals surface area contributed by atoms with E-state index in [9.17, 15) is 14.0 Å². The zero-order valence-corrected chi connectivity index (χ0v) is 10.2. The van der Waals surface area contributed by atoms with Gasteiger partial charge in [0.2, 0.25) is 5.91 Å². The molecule has 0 unspecified atom stereocenters. The summed E-state index contributed by atoms with van der Waals surface area (Å²) in [5.41, 5.74) is -0.310. The summed E-state index contributed by atoms with van der Waals surface area (Å²) in [6.45, 7) is 0. The van der Waals surface area contributed by atoms with Gasteiger partial charge in [-0.2, -0.15) is 0 Å². The fourth-order valence-electron chi connectivity index (χ4n) is 1.47. The molecule has 1 amide bonds. The van der Waals surface area contributed by atoms with Gasteiger partial charge in [-0.1, -0.05) is 0 Å². The molecule has 2 rings (SSSR count). The molecule has 0 saturated heterocycles. The third-order valence-corrected chi connectivity index (χ3v) is 2.41. The van der Waals surface area contributed by atoms with Crippen LogP contribution in [-0.4, -0.2) is 17.0 Å². The fourth-order valence-corrected chi connectivity index (χ4v) is 1.47. The highest BCUT2D eigenvalue weighted by atomic mass is 19.1. The van der Waals surface area contributed by atoms with Crippen molar-refractivity contribution in [3.8, 4) is 0 Å². The highest BCUT2D eigenvalue weighted by Crippen LogP contribution is 2.16. The van der Waals surface area contributed by atoms with Crippen molar-refractivity contribution >= 4 is 23.6 Å². The Hall–Kier alpha value is -2.89. The van der Waals surface area contributed by atoms with Crippen LogP contribution in [0.1, 0.15) is 16.1 Å². The molecule has 0 aliphatic heterocycles. The van der Waals surface area contributed by atoms with E-state index >= 15 is 0 Å². The highest BCUT2D eigenvalue weighted by molar-refractivity contribution is 6.02. The monoisotopic (exact) mass is 275 g/mol. The van der Waals surface area contributed by atoms with E-state index in [-0.39, 0.29) is 11.3 Å². The number of amides is 1. The molecular weight excluding hydrogens is 265 g/mol. The summed E-state index contributed by atoms with van der Waals surface area (Å²) in [6.07, 6.45) is 4.02. The van der Waals surface area contributed by atoms with Crippen LogP contribution < -0.4 is 5.32 Å². The largest absolute Gasteiger partial charge is 0.478 e. The minimum Gasteiger partial charge on any atom is -0.478 e. The summed E-state index contributed by atoms with van der Waals surface area (Å²) in [6, 6.07) is 6.46. The van der Waals surface area contributed by atoms with Crippen molar-refractivity contribution in [2.24, 2.45) is 0 Å². The van der Waals surface area contributed by atoms with Crippen molar-refractivity contribution in [1.29, 1.82) is 0 Å². The second-order valence-electron chi connectivity index (χ2n) is 3.84. The third-order valence-electron chi connectivity index (χ3n) is 2.41. The summed E-state index contributed by atoms with van der Waals surface area (Å²) in [5, 5.41) is 11.1. The van der Waals surface area contributed by atoms with Gasteiger partial charge in [-0.15, -0.1) is 0 Å². The van der Waals surface area contributed by atoms with Gasteiger partial charge in [-0.25, -0.2) is 9.18 Å². The number of anilines is 1. The van der Waals surface area contributed by atoms with E-state index in [0.717, 1.165) is 24.3 Å². The molecule has 1 heterocycles. The van der Waals surface area contributed by atoms with E-state index in [1.807, 2.05) is 0 Å². The van der Waals surface area contributed by atoms with Crippen LogP contribution in [0.3, 0.4) is 0 Å². The molecule has 6 heteroatoms. The zero-order valence-electron chi connectivity index (χ0n) is 10.2. The Bertz CT molecular complexity index is 662. The van der Waals surface area contributed by atoms with Gasteiger partial charge in [0.05, 0.1) is 17.5 Å². The number of hydrogen-bond donors (Lipinski definition) is 2. The van der Waals surface area contributed by atoms with Gasteiger partial charge in [0.1, 0.15) is 11.6 Å². The Morgan fingerprint density at radius 3 is 2.75 bits per heavy atom. The quantitative estimate of drug-likeness (QED) is 0.841. The number of hydrogen-bond acceptors (Lipinski definition) is 3. The third kappa shape index (κ3) is 3.32. The van der Waals surface area contributed by atoms with Crippen molar-refractivity contribution in [2.45, 2.75) is 0 Å². The second-order valence-corrected chi connectivity index (χ2v) is 3.84. The lowest BCUT2D eigenvalue weighted by atomic mass is 10.2. The van der Waals surface area contributed by atoms with Crippen molar-refractivity contribution in [3.63, 3.8) is 0 Å². The van der Waals surface area contributed by atoms with Gasteiger partial charge in [0.15, 0.2) is 0 Å². The maximum Gasteiger partial charge on any atom is 0.335 e. The lowest BCUT2D eigenvalue weighted by Gasteiger charge is -2.04. The summed E-state index contributed by atoms with van der Waals surface area (Å²) < 4.78 is 18.4. The van der Waals surface area contributed by atoms with E-state index < -0.39 is 17.7 Å². The summed E-state index contributed by atoms with van der Waals surface area (Å²) in [7, 11) is 0. The van der Waals surface area contributed by atoms with E-state index in [2.05, 4.69) is 5.32 Å². The number of nitrogens with one attached hydrogen (secondary N) is 1. The van der Waals surface area contributed by atoms with Crippen LogP contribution >= 0.6 is 0 Å². The Morgan fingerprint density at radius 1 is 1.30 bits per heavy atom. The molecule has 0 saturated carbocycles. The number of furan rings is 1. The van der Waals surface area contributed by atoms with E-state index in [1.165, 1.54) is 12.3 Å². The summed E-state index contributed by atoms with van der Waals surface area (Å²) in [5.74, 6) is -2.04. The first-order valence-electron chi connectivity index (χ1n) is 5.61. The number of carbonyl (C=O) groups is 2. The predicted molar refractivity (Wildman–Crippen MR) is 69.7 cm³/mol. The lowest BCUT2D eigenvalue weighted by molar-refractivity contribution is -0.111. The van der Waals surface area contributed by atoms with Crippen molar-refractivity contribution < 1.29 is 23.5 Å². The van der Waals surface area contributed by atoms with Crippen LogP contribution in [0, 0.1) is 5.82 Å². The average molecular weight is 275 g/mol. The zero-order chi connectivity index (χ0) is 14.5. The van der Waals surface area contributed by atoms with Gasteiger partial charge in [-0.05, 0) is 36.4 Å². The molecule has 20 heavy (non-hydrogen) atoms. The Labute approximate surface area is 113 Å². The molecule has 0 aliphatic carbocycles. The average Bonchev–Trinajstić information content (AvgIpc) is 2.92. The predicted octanol–water partition coefficient (Wildman–Crippen LogP) is 2.77. The van der Waals surface area contributed by atoms with Gasteiger partial charge in [-0.3, -0.25) is 4.79 Å². The molecule has 2 aromatic rings. The van der Waals surface area contributed by atoms with Crippen LogP contribution in [0.25, 0.3) is 6.08 Å². The number of rotatable bonds is 4. The Balaban J connectivity index is 2.11. The second kappa shape index (κ2) is 5.83. The Morgan fingerprint density at radius 2 is 2.10 bits per heavy atom. The summed E-state index contributed by atoms with van der Waals surface area (Å²) in [4.78, 5) is 22.4. The van der Waals surface area contributed by atoms with E-state index in [4.69, 9.17) is 9.52 Å². The van der Waals surface area contributed by atoms with Crippen LogP contribution in [-0.2, 0) is 4.79 Å². The number of halogens is 1. The molecule has 0 bridgehead atoms. The van der Waals surface area contributed by atoms with E-state index in [1.54, 1.807) is 12.1 Å². The number of carboxylic acids is 1. The number of carboxylic acid groups (broad SMARTS) is 1. The maximum atomic E-state index is 13.5. The first-order chi connectivity index (χ1) is 9.56. The minimum atomic E-state index is -1.20. The first kappa shape index (κ1) is 13.5. The number of benzene rings is 1. The molecule has 0 aliphatic rings. The van der Waals surface area contributed by atoms with Gasteiger partial charge >= 0.3 is 5.97 Å². The van der Waals surface area contributed by atoms with Crippen LogP contribution in [0.2, 0.25) is 0 Å². The molecule has 0 spiro atoms. The number of aromatic carboxylic acids is 1. The smallest absolute Gasteiger partial charge is 0.335 e. The van der Waals surface area contributed by atoms with Crippen LogP contribution in [0.4, 0.5) is 10.1 Å². The van der Waals surface area contributed by atoms with Gasteiger partial charge in [0, 0.05) is 6.08 Å². The topological polar surface area (TPSA) is 79.5 Å². The minimum absolute atomic E-state index is 0.114. The SMILES string of the molecule is O=C(/C=C/c1ccco1)Nc1cc(C(=O)O)ccc1F. The fraction of sp³-hybridized carbons (Fsp3) is 0. The van der Waals surface area contributed by atoms with Gasteiger partial charge in [0.25, 0.3) is 0 Å². The Kier molecular flexibility index (Phi) is 3.95. The van der Waals surface area contributed by atoms with Crippen molar-refractivity contribution in [3.05, 3.63) is 59.8 Å². The lowest BCUT2D eigenvalue weighted by Crippen LogP contribution is -2.10. The van der Waals surface area contributed by atoms with Crippen LogP contribution in [0.5, 0.6) is 0 Å². The number of carbonyl (C=O) groups excluding carboxylic acids is 1. The molecule has 1 aromatic carbocycles. The van der Waals surface area contributed by atoms with Crippen molar-refractivity contribution in [1.82, 2.24) is 0 Å². The van der Waals surface area contributed by atoms with E-state index in [0.29, 0.717) is 5.76 Å².